The number of hydrogen-bond acceptors (Lipinski definition) is 8. The highest BCUT2D eigenvalue weighted by Gasteiger charge is 2.37. The fraction of sp³-hybridized carbons (Fsp3) is 1.00. The van der Waals surface area contributed by atoms with Crippen LogP contribution in [0.5, 0.6) is 0 Å². The molecule has 0 spiro atoms. The summed E-state index contributed by atoms with van der Waals surface area (Å²) in [6.45, 7) is 2.44. The van der Waals surface area contributed by atoms with E-state index in [2.05, 4.69) is 5.32 Å². The van der Waals surface area contributed by atoms with E-state index in [1.54, 1.807) is 42.7 Å². The molecule has 3 N–H and O–H groups in total. The molecule has 0 rings (SSSR count). The molecule has 0 unspecified atom stereocenters. The Morgan fingerprint density at radius 2 is 1.12 bits per heavy atom. The largest absolute Gasteiger partial charge is 0.500 e. The van der Waals surface area contributed by atoms with Gasteiger partial charge in [-0.1, -0.05) is 0 Å². The molecule has 0 aliphatic carbocycles. The molecule has 0 aliphatic heterocycles. The Bertz CT molecular complexity index is 272. The van der Waals surface area contributed by atoms with Crippen LogP contribution in [0.1, 0.15) is 12.8 Å². The maximum absolute atomic E-state index is 5.53. The van der Waals surface area contributed by atoms with E-state index in [1.165, 1.54) is 0 Å². The van der Waals surface area contributed by atoms with Gasteiger partial charge in [0.05, 0.1) is 0 Å². The van der Waals surface area contributed by atoms with Gasteiger partial charge in [0.1, 0.15) is 0 Å². The van der Waals surface area contributed by atoms with Crippen molar-refractivity contribution in [3.8, 4) is 0 Å². The lowest BCUT2D eigenvalue weighted by Crippen LogP contribution is -2.43. The molecule has 0 saturated heterocycles. The second kappa shape index (κ2) is 17.8. The number of nitrogens with two attached hydrogens (primary N) is 1. The lowest BCUT2D eigenvalue weighted by molar-refractivity contribution is 0.122. The zero-order chi connectivity index (χ0) is 19.6. The van der Waals surface area contributed by atoms with Crippen LogP contribution in [0.4, 0.5) is 0 Å². The predicted octanol–water partition coefficient (Wildman–Crippen LogP) is 1.30. The fourth-order valence-electron chi connectivity index (χ4n) is 2.05. The molecular weight excluding hydrogens is 384 g/mol. The SMILES string of the molecule is CO[Si](CCCCl)(OC)OC.CO[Si](CCCNCCN)(OC)OC. The van der Waals surface area contributed by atoms with Crippen molar-refractivity contribution in [2.45, 2.75) is 24.9 Å². The maximum atomic E-state index is 5.53. The third kappa shape index (κ3) is 12.4. The summed E-state index contributed by atoms with van der Waals surface area (Å²) in [5, 5.41) is 3.21. The highest BCUT2D eigenvalue weighted by molar-refractivity contribution is 6.60. The Hall–Kier alpha value is 0.404. The minimum Gasteiger partial charge on any atom is -0.377 e. The second-order valence-corrected chi connectivity index (χ2v) is 11.6. The van der Waals surface area contributed by atoms with E-state index >= 15 is 0 Å². The van der Waals surface area contributed by atoms with Gasteiger partial charge in [-0.2, -0.15) is 0 Å². The highest BCUT2D eigenvalue weighted by Crippen LogP contribution is 2.15. The number of alkyl halides is 1. The lowest BCUT2D eigenvalue weighted by Gasteiger charge is -2.24. The summed E-state index contributed by atoms with van der Waals surface area (Å²) in [6, 6.07) is 1.61. The van der Waals surface area contributed by atoms with Crippen molar-refractivity contribution in [2.24, 2.45) is 5.73 Å². The van der Waals surface area contributed by atoms with Crippen LogP contribution in [-0.4, -0.2) is 85.8 Å². The van der Waals surface area contributed by atoms with E-state index < -0.39 is 17.6 Å². The third-order valence-corrected chi connectivity index (χ3v) is 9.57. The summed E-state index contributed by atoms with van der Waals surface area (Å²) < 4.78 is 31.4. The molecule has 8 nitrogen and oxygen atoms in total. The van der Waals surface area contributed by atoms with Gasteiger partial charge in [0.25, 0.3) is 0 Å². The van der Waals surface area contributed by atoms with E-state index in [0.29, 0.717) is 12.4 Å². The van der Waals surface area contributed by atoms with Gasteiger partial charge in [-0.25, -0.2) is 0 Å². The molecule has 154 valence electrons. The summed E-state index contributed by atoms with van der Waals surface area (Å²) in [7, 11) is 5.04. The van der Waals surface area contributed by atoms with E-state index in [0.717, 1.165) is 38.0 Å². The minimum absolute atomic E-state index is 0.616. The van der Waals surface area contributed by atoms with Gasteiger partial charge in [0.15, 0.2) is 0 Å². The molecule has 0 aromatic carbocycles. The van der Waals surface area contributed by atoms with E-state index in [4.69, 9.17) is 43.9 Å². The van der Waals surface area contributed by atoms with Crippen molar-refractivity contribution in [3.05, 3.63) is 0 Å². The predicted molar refractivity (Wildman–Crippen MR) is 105 cm³/mol. The Balaban J connectivity index is 0. The molecular formula is C14H37ClN2O6Si2. The van der Waals surface area contributed by atoms with Gasteiger partial charge >= 0.3 is 17.6 Å². The number of halogens is 1. The molecule has 0 fully saturated rings. The highest BCUT2D eigenvalue weighted by atomic mass is 35.5. The van der Waals surface area contributed by atoms with E-state index in [9.17, 15) is 0 Å². The summed E-state index contributed by atoms with van der Waals surface area (Å²) in [5.74, 6) is 0.616. The summed E-state index contributed by atoms with van der Waals surface area (Å²) in [5.41, 5.74) is 5.35. The molecule has 0 saturated carbocycles. The topological polar surface area (TPSA) is 93.4 Å². The molecule has 25 heavy (non-hydrogen) atoms. The van der Waals surface area contributed by atoms with Crippen LogP contribution in [0.25, 0.3) is 0 Å². The molecule has 0 aromatic heterocycles. The zero-order valence-corrected chi connectivity index (χ0v) is 19.3. The fourth-order valence-corrected chi connectivity index (χ4v) is 5.85. The average Bonchev–Trinajstić information content (AvgIpc) is 2.67. The van der Waals surface area contributed by atoms with Crippen LogP contribution in [-0.2, 0) is 26.6 Å². The Kier molecular flexibility index (Phi) is 19.7. The van der Waals surface area contributed by atoms with E-state index in [1.807, 2.05) is 0 Å². The quantitative estimate of drug-likeness (QED) is 0.232. The van der Waals surface area contributed by atoms with E-state index in [-0.39, 0.29) is 0 Å². The van der Waals surface area contributed by atoms with Crippen LogP contribution < -0.4 is 11.1 Å². The van der Waals surface area contributed by atoms with Gasteiger partial charge < -0.3 is 37.6 Å². The van der Waals surface area contributed by atoms with Crippen LogP contribution >= 0.6 is 11.6 Å². The molecule has 0 amide bonds. The molecule has 11 heteroatoms. The van der Waals surface area contributed by atoms with Gasteiger partial charge in [0, 0.05) is 73.7 Å². The molecule has 0 heterocycles. The first kappa shape index (κ1) is 27.6. The molecule has 0 bridgehead atoms. The van der Waals surface area contributed by atoms with Crippen molar-refractivity contribution >= 4 is 29.2 Å². The smallest absolute Gasteiger partial charge is 0.377 e. The van der Waals surface area contributed by atoms with Crippen molar-refractivity contribution in [3.63, 3.8) is 0 Å². The van der Waals surface area contributed by atoms with Crippen molar-refractivity contribution < 1.29 is 26.6 Å². The summed E-state index contributed by atoms with van der Waals surface area (Å²) in [6.07, 6.45) is 1.84. The first-order chi connectivity index (χ1) is 12.0. The normalized spacial score (nSPS) is 12.0. The lowest BCUT2D eigenvalue weighted by atomic mass is 10.5. The molecule has 0 atom stereocenters. The van der Waals surface area contributed by atoms with Gasteiger partial charge in [-0.05, 0) is 19.4 Å². The number of rotatable bonds is 15. The first-order valence-electron chi connectivity index (χ1n) is 8.26. The molecule has 0 aromatic rings. The van der Waals surface area contributed by atoms with Crippen molar-refractivity contribution in [1.29, 1.82) is 0 Å². The summed E-state index contributed by atoms with van der Waals surface area (Å²) >= 11 is 5.53. The minimum atomic E-state index is -2.35. The zero-order valence-electron chi connectivity index (χ0n) is 16.6. The number of nitrogens with one attached hydrogen (secondary N) is 1. The maximum Gasteiger partial charge on any atom is 0.500 e. The van der Waals surface area contributed by atoms with Gasteiger partial charge in [-0.15, -0.1) is 11.6 Å². The molecule has 0 aliphatic rings. The van der Waals surface area contributed by atoms with Crippen molar-refractivity contribution in [1.82, 2.24) is 5.32 Å². The monoisotopic (exact) mass is 420 g/mol. The third-order valence-electron chi connectivity index (χ3n) is 3.64. The Morgan fingerprint density at radius 1 is 0.720 bits per heavy atom. The van der Waals surface area contributed by atoms with Crippen LogP contribution in [0.15, 0.2) is 0 Å². The van der Waals surface area contributed by atoms with Gasteiger partial charge in [0.2, 0.25) is 0 Å². The number of hydrogen-bond donors (Lipinski definition) is 2. The molecule has 0 radical (unpaired) electrons. The second-order valence-electron chi connectivity index (χ2n) is 5.03. The average molecular weight is 421 g/mol. The van der Waals surface area contributed by atoms with Crippen LogP contribution in [0.2, 0.25) is 12.1 Å². The summed E-state index contributed by atoms with van der Waals surface area (Å²) in [4.78, 5) is 0. The first-order valence-corrected chi connectivity index (χ1v) is 12.7. The standard InChI is InChI=1S/C8H22N2O3Si.C6H15ClO3Si/c1-11-14(12-2,13-3)8-4-6-10-7-5-9;1-8-11(9-2,10-3)6-4-5-7/h10H,4-9H2,1-3H3;4-6H2,1-3H3. The van der Waals surface area contributed by atoms with Crippen LogP contribution in [0.3, 0.4) is 0 Å². The van der Waals surface area contributed by atoms with Crippen LogP contribution in [0, 0.1) is 0 Å². The Morgan fingerprint density at radius 3 is 1.44 bits per heavy atom. The van der Waals surface area contributed by atoms with Crippen molar-refractivity contribution in [2.75, 3.05) is 68.2 Å². The Labute approximate surface area is 160 Å². The van der Waals surface area contributed by atoms with Gasteiger partial charge in [-0.3, -0.25) is 0 Å².